The van der Waals surface area contributed by atoms with Gasteiger partial charge in [-0.1, -0.05) is 23.7 Å². The Bertz CT molecular complexity index is 2130. The molecule has 6 rings (SSSR count). The Labute approximate surface area is 291 Å². The Morgan fingerprint density at radius 2 is 1.68 bits per heavy atom. The molecule has 1 amide bonds. The number of hydrogen-bond donors (Lipinski definition) is 1. The minimum atomic E-state index is -4.39. The second-order valence-corrected chi connectivity index (χ2v) is 13.8. The number of amides is 1. The van der Waals surface area contributed by atoms with E-state index in [1.54, 1.807) is 43.1 Å². The summed E-state index contributed by atoms with van der Waals surface area (Å²) < 4.78 is 79.3. The first kappa shape index (κ1) is 35.0. The Hall–Kier alpha value is -4.80. The summed E-state index contributed by atoms with van der Waals surface area (Å²) >= 11 is 6.14. The van der Waals surface area contributed by atoms with E-state index >= 15 is 0 Å². The molecule has 0 aliphatic carbocycles. The number of ether oxygens (including phenoxy) is 2. The molecule has 1 saturated heterocycles. The molecule has 3 aromatic heterocycles. The molecule has 1 N–H and O–H groups in total. The van der Waals surface area contributed by atoms with Crippen molar-refractivity contribution in [2.45, 2.75) is 24.5 Å². The number of anilines is 1. The van der Waals surface area contributed by atoms with Gasteiger partial charge in [0.25, 0.3) is 15.9 Å². The smallest absolute Gasteiger partial charge is 0.422 e. The average Bonchev–Trinajstić information content (AvgIpc) is 3.54. The van der Waals surface area contributed by atoms with E-state index in [0.717, 1.165) is 16.5 Å². The van der Waals surface area contributed by atoms with Crippen LogP contribution in [0.4, 0.5) is 18.9 Å². The van der Waals surface area contributed by atoms with Crippen LogP contribution < -0.4 is 14.2 Å². The molecule has 4 heterocycles. The zero-order valence-corrected chi connectivity index (χ0v) is 28.8. The lowest BCUT2D eigenvalue weighted by atomic mass is 10.2. The van der Waals surface area contributed by atoms with Gasteiger partial charge in [-0.25, -0.2) is 13.4 Å². The summed E-state index contributed by atoms with van der Waals surface area (Å²) in [5, 5.41) is 4.90. The Balaban J connectivity index is 1.05. The quantitative estimate of drug-likeness (QED) is 0.192. The third kappa shape index (κ3) is 7.82. The Morgan fingerprint density at radius 1 is 0.980 bits per heavy atom. The molecular formula is C33H33ClF3N7O5S. The van der Waals surface area contributed by atoms with Crippen LogP contribution in [0.3, 0.4) is 0 Å². The van der Waals surface area contributed by atoms with E-state index in [1.807, 2.05) is 23.7 Å². The Kier molecular flexibility index (Phi) is 9.70. The summed E-state index contributed by atoms with van der Waals surface area (Å²) in [5.41, 5.74) is 2.72. The molecule has 0 unspecified atom stereocenters. The van der Waals surface area contributed by atoms with Gasteiger partial charge in [-0.05, 0) is 48.9 Å². The average molecular weight is 732 g/mol. The monoisotopic (exact) mass is 731 g/mol. The van der Waals surface area contributed by atoms with Crippen LogP contribution >= 0.6 is 11.6 Å². The number of alkyl halides is 3. The molecular weight excluding hydrogens is 699 g/mol. The van der Waals surface area contributed by atoms with Crippen molar-refractivity contribution in [1.82, 2.24) is 29.1 Å². The van der Waals surface area contributed by atoms with Gasteiger partial charge in [0.05, 0.1) is 23.1 Å². The maximum Gasteiger partial charge on any atom is 0.422 e. The summed E-state index contributed by atoms with van der Waals surface area (Å²) in [5.74, 6) is 0.772. The maximum atomic E-state index is 13.6. The normalized spacial score (nSPS) is 14.3. The van der Waals surface area contributed by atoms with Crippen molar-refractivity contribution in [3.8, 4) is 17.4 Å². The first-order chi connectivity index (χ1) is 23.7. The number of carbonyl (C=O) groups excluding carboxylic acids is 1. The molecule has 17 heteroatoms. The molecule has 0 saturated carbocycles. The lowest BCUT2D eigenvalue weighted by Crippen LogP contribution is -2.48. The van der Waals surface area contributed by atoms with Crippen LogP contribution in [0.25, 0.3) is 10.9 Å². The van der Waals surface area contributed by atoms with Crippen LogP contribution in [-0.4, -0.2) is 82.4 Å². The van der Waals surface area contributed by atoms with E-state index in [4.69, 9.17) is 21.1 Å². The molecule has 0 spiro atoms. The van der Waals surface area contributed by atoms with Gasteiger partial charge in [-0.2, -0.15) is 18.3 Å². The standard InChI is InChI=1S/C33H33ClF3N7O5S/c1-21-30(31(34)42(3)39-21)50(46,47)40-24-7-11-29(38-18-24)49-26-10-6-23-16-28(41(2)27(23)17-26)32(45)44-14-12-43(13-15-44)19-22-4-8-25(9-5-22)48-20-33(35,36)37/h4-11,16-18,40H,12-15,19-20H2,1-3H3. The highest BCUT2D eigenvalue weighted by atomic mass is 35.5. The molecule has 1 aliphatic rings. The third-order valence-electron chi connectivity index (χ3n) is 8.21. The van der Waals surface area contributed by atoms with Gasteiger partial charge in [0.1, 0.15) is 27.2 Å². The number of sulfonamides is 1. The van der Waals surface area contributed by atoms with E-state index in [2.05, 4.69) is 19.7 Å². The molecule has 5 aromatic rings. The van der Waals surface area contributed by atoms with Gasteiger partial charge in [-0.15, -0.1) is 0 Å². The summed E-state index contributed by atoms with van der Waals surface area (Å²) in [6.07, 6.45) is -3.06. The number of aryl methyl sites for hydroxylation is 3. The van der Waals surface area contributed by atoms with E-state index in [9.17, 15) is 26.4 Å². The van der Waals surface area contributed by atoms with Gasteiger partial charge < -0.3 is 18.9 Å². The summed E-state index contributed by atoms with van der Waals surface area (Å²) in [6, 6.07) is 16.8. The predicted molar refractivity (Wildman–Crippen MR) is 180 cm³/mol. The van der Waals surface area contributed by atoms with Crippen LogP contribution in [0.1, 0.15) is 21.7 Å². The minimum absolute atomic E-state index is 0.00702. The summed E-state index contributed by atoms with van der Waals surface area (Å²) in [6.45, 7) is 3.15. The van der Waals surface area contributed by atoms with Gasteiger partial charge in [0.2, 0.25) is 5.88 Å². The highest BCUT2D eigenvalue weighted by molar-refractivity contribution is 7.92. The van der Waals surface area contributed by atoms with Crippen LogP contribution in [0, 0.1) is 6.92 Å². The molecule has 1 fully saturated rings. The van der Waals surface area contributed by atoms with Crippen molar-refractivity contribution in [2.24, 2.45) is 14.1 Å². The van der Waals surface area contributed by atoms with Gasteiger partial charge in [-0.3, -0.25) is 19.1 Å². The first-order valence-corrected chi connectivity index (χ1v) is 17.3. The van der Waals surface area contributed by atoms with E-state index in [1.165, 1.54) is 35.1 Å². The largest absolute Gasteiger partial charge is 0.484 e. The summed E-state index contributed by atoms with van der Waals surface area (Å²) in [7, 11) is -0.638. The number of pyridine rings is 1. The number of nitrogens with one attached hydrogen (secondary N) is 1. The van der Waals surface area contributed by atoms with Crippen LogP contribution in [0.2, 0.25) is 5.15 Å². The molecule has 2 aromatic carbocycles. The minimum Gasteiger partial charge on any atom is -0.484 e. The number of fused-ring (bicyclic) bond motifs is 1. The number of benzene rings is 2. The third-order valence-corrected chi connectivity index (χ3v) is 10.3. The van der Waals surface area contributed by atoms with Crippen molar-refractivity contribution in [3.63, 3.8) is 0 Å². The molecule has 50 heavy (non-hydrogen) atoms. The first-order valence-electron chi connectivity index (χ1n) is 15.4. The van der Waals surface area contributed by atoms with Gasteiger partial charge in [0, 0.05) is 64.3 Å². The van der Waals surface area contributed by atoms with Gasteiger partial charge in [0.15, 0.2) is 6.61 Å². The van der Waals surface area contributed by atoms with E-state index in [-0.39, 0.29) is 39.0 Å². The summed E-state index contributed by atoms with van der Waals surface area (Å²) in [4.78, 5) is 21.7. The second-order valence-electron chi connectivity index (χ2n) is 11.8. The fraction of sp³-hybridized carbons (Fsp3) is 0.303. The lowest BCUT2D eigenvalue weighted by molar-refractivity contribution is -0.153. The van der Waals surface area contributed by atoms with Crippen molar-refractivity contribution in [3.05, 3.63) is 89.0 Å². The van der Waals surface area contributed by atoms with Crippen LogP contribution in [0.15, 0.2) is 71.8 Å². The maximum absolute atomic E-state index is 13.6. The van der Waals surface area contributed by atoms with E-state index < -0.39 is 22.8 Å². The molecule has 264 valence electrons. The number of piperazine rings is 1. The van der Waals surface area contributed by atoms with Crippen molar-refractivity contribution >= 4 is 44.1 Å². The molecule has 0 bridgehead atoms. The molecule has 0 radical (unpaired) electrons. The van der Waals surface area contributed by atoms with Crippen LogP contribution in [-0.2, 0) is 30.7 Å². The number of halogens is 4. The number of nitrogens with zero attached hydrogens (tertiary/aromatic N) is 6. The van der Waals surface area contributed by atoms with Crippen LogP contribution in [0.5, 0.6) is 17.4 Å². The van der Waals surface area contributed by atoms with E-state index in [0.29, 0.717) is 44.2 Å². The number of hydrogen-bond acceptors (Lipinski definition) is 8. The zero-order chi connectivity index (χ0) is 35.8. The molecule has 0 atom stereocenters. The van der Waals surface area contributed by atoms with Crippen molar-refractivity contribution < 1.29 is 35.9 Å². The fourth-order valence-electron chi connectivity index (χ4n) is 5.71. The predicted octanol–water partition coefficient (Wildman–Crippen LogP) is 5.76. The number of aromatic nitrogens is 4. The topological polar surface area (TPSA) is 124 Å². The van der Waals surface area contributed by atoms with Gasteiger partial charge >= 0.3 is 6.18 Å². The zero-order valence-electron chi connectivity index (χ0n) is 27.2. The highest BCUT2D eigenvalue weighted by Crippen LogP contribution is 2.30. The molecule has 1 aliphatic heterocycles. The molecule has 12 nitrogen and oxygen atoms in total. The Morgan fingerprint density at radius 3 is 2.30 bits per heavy atom. The number of carbonyl (C=O) groups is 1. The number of rotatable bonds is 10. The second kappa shape index (κ2) is 13.8. The lowest BCUT2D eigenvalue weighted by Gasteiger charge is -2.34. The highest BCUT2D eigenvalue weighted by Gasteiger charge is 2.29. The SMILES string of the molecule is Cc1nn(C)c(Cl)c1S(=O)(=O)Nc1ccc(Oc2ccc3cc(C(=O)N4CCN(Cc5ccc(OCC(F)(F)F)cc5)CC4)n(C)c3c2)nc1. The van der Waals surface area contributed by atoms with Crippen molar-refractivity contribution in [1.29, 1.82) is 0 Å². The fourth-order valence-corrected chi connectivity index (χ4v) is 7.50. The van der Waals surface area contributed by atoms with Crippen molar-refractivity contribution in [2.75, 3.05) is 37.5 Å².